The van der Waals surface area contributed by atoms with E-state index in [1.54, 1.807) is 13.3 Å². The third-order valence-electron chi connectivity index (χ3n) is 3.16. The third kappa shape index (κ3) is 7.83. The summed E-state index contributed by atoms with van der Waals surface area (Å²) in [6.45, 7) is 5.65. The molecule has 6 heteroatoms. The van der Waals surface area contributed by atoms with E-state index in [1.807, 2.05) is 25.1 Å². The molecule has 0 amide bonds. The number of hydrogen-bond donors (Lipinski definition) is 2. The highest BCUT2D eigenvalue weighted by Crippen LogP contribution is 2.27. The van der Waals surface area contributed by atoms with Crippen molar-refractivity contribution in [3.8, 4) is 11.5 Å². The summed E-state index contributed by atoms with van der Waals surface area (Å²) in [5.41, 5.74) is 3.66. The van der Waals surface area contributed by atoms with Gasteiger partial charge < -0.3 is 14.8 Å². The number of ether oxygens (including phenoxy) is 2. The summed E-state index contributed by atoms with van der Waals surface area (Å²) in [6.07, 6.45) is 6.42. The minimum atomic E-state index is 0.503. The quantitative estimate of drug-likeness (QED) is 0.296. The molecule has 128 valence electrons. The molecule has 1 aromatic rings. The van der Waals surface area contributed by atoms with Crippen molar-refractivity contribution in [2.45, 2.75) is 39.5 Å². The molecular weight excluding hydrogens is 310 g/mol. The van der Waals surface area contributed by atoms with Gasteiger partial charge in [0.1, 0.15) is 0 Å². The molecule has 23 heavy (non-hydrogen) atoms. The molecule has 1 rings (SSSR count). The first-order chi connectivity index (χ1) is 11.2. The Morgan fingerprint density at radius 2 is 2.04 bits per heavy atom. The monoisotopic (exact) mass is 337 g/mol. The zero-order chi connectivity index (χ0) is 16.9. The summed E-state index contributed by atoms with van der Waals surface area (Å²) in [6, 6.07) is 5.73. The number of nitrogens with zero attached hydrogens (tertiary/aromatic N) is 1. The van der Waals surface area contributed by atoms with Crippen molar-refractivity contribution in [1.82, 2.24) is 10.7 Å². The van der Waals surface area contributed by atoms with E-state index in [-0.39, 0.29) is 0 Å². The average Bonchev–Trinajstić information content (AvgIpc) is 2.55. The van der Waals surface area contributed by atoms with Crippen LogP contribution in [0.3, 0.4) is 0 Å². The SMILES string of the molecule is CCCCCCOc1ccc(/C=N\NC(=S)NCC)cc1OC. The van der Waals surface area contributed by atoms with Crippen molar-refractivity contribution in [2.24, 2.45) is 5.10 Å². The van der Waals surface area contributed by atoms with Gasteiger partial charge in [-0.3, -0.25) is 5.43 Å². The number of thiocarbonyl (C=S) groups is 1. The second-order valence-corrected chi connectivity index (χ2v) is 5.46. The summed E-state index contributed by atoms with van der Waals surface area (Å²) in [5, 5.41) is 7.55. The molecule has 0 saturated heterocycles. The van der Waals surface area contributed by atoms with Gasteiger partial charge in [-0.1, -0.05) is 26.2 Å². The van der Waals surface area contributed by atoms with Gasteiger partial charge in [0.05, 0.1) is 19.9 Å². The molecule has 1 aromatic carbocycles. The Kier molecular flexibility index (Phi) is 9.79. The van der Waals surface area contributed by atoms with Crippen LogP contribution in [0.25, 0.3) is 0 Å². The van der Waals surface area contributed by atoms with Crippen LogP contribution in [0.5, 0.6) is 11.5 Å². The van der Waals surface area contributed by atoms with E-state index in [0.717, 1.165) is 24.3 Å². The van der Waals surface area contributed by atoms with Gasteiger partial charge in [0.2, 0.25) is 0 Å². The second kappa shape index (κ2) is 11.7. The zero-order valence-corrected chi connectivity index (χ0v) is 15.0. The molecule has 0 radical (unpaired) electrons. The lowest BCUT2D eigenvalue weighted by molar-refractivity contribution is 0.285. The van der Waals surface area contributed by atoms with Gasteiger partial charge in [-0.05, 0) is 49.3 Å². The van der Waals surface area contributed by atoms with Crippen molar-refractivity contribution < 1.29 is 9.47 Å². The first kappa shape index (κ1) is 19.2. The van der Waals surface area contributed by atoms with Crippen molar-refractivity contribution in [3.05, 3.63) is 23.8 Å². The predicted octanol–water partition coefficient (Wildman–Crippen LogP) is 3.47. The maximum absolute atomic E-state index is 5.79. The van der Waals surface area contributed by atoms with Crippen molar-refractivity contribution >= 4 is 23.5 Å². The van der Waals surface area contributed by atoms with Gasteiger partial charge in [-0.2, -0.15) is 5.10 Å². The van der Waals surface area contributed by atoms with Crippen molar-refractivity contribution in [2.75, 3.05) is 20.3 Å². The molecule has 0 fully saturated rings. The second-order valence-electron chi connectivity index (χ2n) is 5.05. The van der Waals surface area contributed by atoms with E-state index in [1.165, 1.54) is 19.3 Å². The van der Waals surface area contributed by atoms with E-state index in [2.05, 4.69) is 22.8 Å². The number of rotatable bonds is 10. The highest BCUT2D eigenvalue weighted by atomic mass is 32.1. The average molecular weight is 337 g/mol. The van der Waals surface area contributed by atoms with Crippen LogP contribution in [-0.2, 0) is 0 Å². The number of hydrogen-bond acceptors (Lipinski definition) is 4. The predicted molar refractivity (Wildman–Crippen MR) is 99.6 cm³/mol. The number of hydrazone groups is 1. The van der Waals surface area contributed by atoms with Gasteiger partial charge in [0.25, 0.3) is 0 Å². The van der Waals surface area contributed by atoms with E-state index in [0.29, 0.717) is 17.5 Å². The van der Waals surface area contributed by atoms with Crippen molar-refractivity contribution in [1.29, 1.82) is 0 Å². The summed E-state index contributed by atoms with van der Waals surface area (Å²) < 4.78 is 11.2. The molecule has 0 spiro atoms. The van der Waals surface area contributed by atoms with E-state index >= 15 is 0 Å². The first-order valence-electron chi connectivity index (χ1n) is 8.09. The summed E-state index contributed by atoms with van der Waals surface area (Å²) in [7, 11) is 1.64. The number of benzene rings is 1. The maximum atomic E-state index is 5.79. The summed E-state index contributed by atoms with van der Waals surface area (Å²) in [5.74, 6) is 1.47. The van der Waals surface area contributed by atoms with Crippen molar-refractivity contribution in [3.63, 3.8) is 0 Å². The lowest BCUT2D eigenvalue weighted by Gasteiger charge is -2.11. The molecule has 0 saturated carbocycles. The molecule has 0 unspecified atom stereocenters. The lowest BCUT2D eigenvalue weighted by atomic mass is 10.2. The fourth-order valence-corrected chi connectivity index (χ4v) is 2.16. The number of methoxy groups -OCH3 is 1. The molecule has 0 aliphatic heterocycles. The lowest BCUT2D eigenvalue weighted by Crippen LogP contribution is -2.31. The molecule has 2 N–H and O–H groups in total. The fraction of sp³-hybridized carbons (Fsp3) is 0.529. The van der Waals surface area contributed by atoms with E-state index in [4.69, 9.17) is 21.7 Å². The van der Waals surface area contributed by atoms with E-state index in [9.17, 15) is 0 Å². The molecule has 0 bridgehead atoms. The minimum Gasteiger partial charge on any atom is -0.493 e. The molecule has 0 atom stereocenters. The Labute approximate surface area is 144 Å². The summed E-state index contributed by atoms with van der Waals surface area (Å²) >= 11 is 5.04. The third-order valence-corrected chi connectivity index (χ3v) is 3.40. The van der Waals surface area contributed by atoms with Crippen LogP contribution >= 0.6 is 12.2 Å². The molecule has 0 aliphatic rings. The van der Waals surface area contributed by atoms with Gasteiger partial charge >= 0.3 is 0 Å². The minimum absolute atomic E-state index is 0.503. The standard InChI is InChI=1S/C17H27N3O2S/c1-4-6-7-8-11-22-15-10-9-14(12-16(15)21-3)13-19-20-17(23)18-5-2/h9-10,12-13H,4-8,11H2,1-3H3,(H2,18,20,23)/b19-13-. The number of nitrogens with one attached hydrogen (secondary N) is 2. The highest BCUT2D eigenvalue weighted by molar-refractivity contribution is 7.80. The Hall–Kier alpha value is -1.82. The van der Waals surface area contributed by atoms with Gasteiger partial charge in [-0.25, -0.2) is 0 Å². The molecule has 0 aliphatic carbocycles. The van der Waals surface area contributed by atoms with Crippen LogP contribution in [0.4, 0.5) is 0 Å². The van der Waals surface area contributed by atoms with Crippen LogP contribution in [0.15, 0.2) is 23.3 Å². The Bertz CT molecular complexity index is 507. The highest BCUT2D eigenvalue weighted by Gasteiger charge is 2.05. The van der Waals surface area contributed by atoms with Crippen LogP contribution in [0.2, 0.25) is 0 Å². The summed E-state index contributed by atoms with van der Waals surface area (Å²) in [4.78, 5) is 0. The Balaban J connectivity index is 2.54. The van der Waals surface area contributed by atoms with Gasteiger partial charge in [0.15, 0.2) is 16.6 Å². The molecular formula is C17H27N3O2S. The number of unbranched alkanes of at least 4 members (excludes halogenated alkanes) is 3. The normalized spacial score (nSPS) is 10.6. The van der Waals surface area contributed by atoms with Crippen LogP contribution in [-0.4, -0.2) is 31.6 Å². The van der Waals surface area contributed by atoms with Crippen LogP contribution in [0.1, 0.15) is 45.1 Å². The Morgan fingerprint density at radius 3 is 2.74 bits per heavy atom. The van der Waals surface area contributed by atoms with E-state index < -0.39 is 0 Å². The Morgan fingerprint density at radius 1 is 1.22 bits per heavy atom. The zero-order valence-electron chi connectivity index (χ0n) is 14.2. The van der Waals surface area contributed by atoms with Gasteiger partial charge in [-0.15, -0.1) is 0 Å². The van der Waals surface area contributed by atoms with Gasteiger partial charge in [0, 0.05) is 6.54 Å². The molecule has 0 heterocycles. The topological polar surface area (TPSA) is 54.9 Å². The smallest absolute Gasteiger partial charge is 0.186 e. The maximum Gasteiger partial charge on any atom is 0.186 e. The first-order valence-corrected chi connectivity index (χ1v) is 8.49. The van der Waals surface area contributed by atoms with Crippen LogP contribution < -0.4 is 20.2 Å². The largest absolute Gasteiger partial charge is 0.493 e. The molecule has 5 nitrogen and oxygen atoms in total. The molecule has 0 aromatic heterocycles. The fourth-order valence-electron chi connectivity index (χ4n) is 1.96. The van der Waals surface area contributed by atoms with Crippen LogP contribution in [0, 0.1) is 0 Å².